The molecule has 0 bridgehead atoms. The maximum Gasteiger partial charge on any atom is 0.329 e. The standard InChI is InChI=1S/C22H18BrNO5/c1-27-22(26)19-12-14-4-2-3-5-18(14)24(19)21(25)20-11-10-17(29-20)13-28-16-8-6-15(23)7-9-16/h2-11,19H,12-13H2,1H3. The zero-order chi connectivity index (χ0) is 20.4. The van der Waals surface area contributed by atoms with Crippen LogP contribution in [-0.2, 0) is 22.6 Å². The first-order valence-corrected chi connectivity index (χ1v) is 9.82. The van der Waals surface area contributed by atoms with Crippen LogP contribution in [0.4, 0.5) is 5.69 Å². The fourth-order valence-corrected chi connectivity index (χ4v) is 3.60. The van der Waals surface area contributed by atoms with Crippen LogP contribution in [0.5, 0.6) is 5.75 Å². The van der Waals surface area contributed by atoms with E-state index in [0.29, 0.717) is 23.6 Å². The molecular weight excluding hydrogens is 438 g/mol. The predicted octanol–water partition coefficient (Wildman–Crippen LogP) is 4.37. The summed E-state index contributed by atoms with van der Waals surface area (Å²) < 4.78 is 17.2. The Labute approximate surface area is 176 Å². The van der Waals surface area contributed by atoms with Crippen molar-refractivity contribution in [3.63, 3.8) is 0 Å². The zero-order valence-corrected chi connectivity index (χ0v) is 17.2. The molecule has 0 saturated carbocycles. The number of amides is 1. The monoisotopic (exact) mass is 455 g/mol. The Morgan fingerprint density at radius 1 is 1.10 bits per heavy atom. The molecule has 0 fully saturated rings. The van der Waals surface area contributed by atoms with Gasteiger partial charge in [-0.25, -0.2) is 4.79 Å². The molecule has 1 amide bonds. The van der Waals surface area contributed by atoms with Crippen LogP contribution in [0.2, 0.25) is 0 Å². The Morgan fingerprint density at radius 2 is 1.86 bits per heavy atom. The van der Waals surface area contributed by atoms with Gasteiger partial charge in [0.1, 0.15) is 24.2 Å². The molecule has 0 radical (unpaired) electrons. The summed E-state index contributed by atoms with van der Waals surface area (Å²) in [6, 6.07) is 17.4. The van der Waals surface area contributed by atoms with Gasteiger partial charge >= 0.3 is 5.97 Å². The summed E-state index contributed by atoms with van der Waals surface area (Å²) in [5.74, 6) is 0.500. The number of methoxy groups -OCH3 is 1. The fraction of sp³-hybridized carbons (Fsp3) is 0.182. The molecule has 6 nitrogen and oxygen atoms in total. The van der Waals surface area contributed by atoms with Crippen LogP contribution in [0.1, 0.15) is 21.9 Å². The summed E-state index contributed by atoms with van der Waals surface area (Å²) in [7, 11) is 1.32. The molecule has 148 valence electrons. The van der Waals surface area contributed by atoms with Gasteiger partial charge in [0, 0.05) is 16.6 Å². The molecule has 0 saturated heterocycles. The molecule has 1 atom stereocenters. The summed E-state index contributed by atoms with van der Waals surface area (Å²) in [5.41, 5.74) is 1.61. The number of esters is 1. The van der Waals surface area contributed by atoms with E-state index in [0.717, 1.165) is 10.0 Å². The Morgan fingerprint density at radius 3 is 2.62 bits per heavy atom. The second-order valence-electron chi connectivity index (χ2n) is 6.56. The zero-order valence-electron chi connectivity index (χ0n) is 15.6. The molecule has 3 aromatic rings. The Hall–Kier alpha value is -3.06. The molecule has 2 heterocycles. The molecule has 4 rings (SSSR count). The highest BCUT2D eigenvalue weighted by Gasteiger charge is 2.40. The van der Waals surface area contributed by atoms with Crippen molar-refractivity contribution in [2.45, 2.75) is 19.1 Å². The number of hydrogen-bond acceptors (Lipinski definition) is 5. The minimum Gasteiger partial charge on any atom is -0.486 e. The van der Waals surface area contributed by atoms with Gasteiger partial charge < -0.3 is 13.9 Å². The largest absolute Gasteiger partial charge is 0.486 e. The molecule has 7 heteroatoms. The van der Waals surface area contributed by atoms with Crippen molar-refractivity contribution in [2.24, 2.45) is 0 Å². The van der Waals surface area contributed by atoms with Gasteiger partial charge in [0.25, 0.3) is 5.91 Å². The number of fused-ring (bicyclic) bond motifs is 1. The van der Waals surface area contributed by atoms with E-state index in [4.69, 9.17) is 13.9 Å². The predicted molar refractivity (Wildman–Crippen MR) is 110 cm³/mol. The maximum absolute atomic E-state index is 13.1. The number of hydrogen-bond donors (Lipinski definition) is 0. The average molecular weight is 456 g/mol. The summed E-state index contributed by atoms with van der Waals surface area (Å²) >= 11 is 3.38. The number of ether oxygens (including phenoxy) is 2. The summed E-state index contributed by atoms with van der Waals surface area (Å²) in [6.07, 6.45) is 0.412. The molecule has 1 aromatic heterocycles. The quantitative estimate of drug-likeness (QED) is 0.534. The third kappa shape index (κ3) is 3.91. The number of carbonyl (C=O) groups is 2. The first kappa shape index (κ1) is 19.3. The van der Waals surface area contributed by atoms with E-state index >= 15 is 0 Å². The third-order valence-corrected chi connectivity index (χ3v) is 5.26. The van der Waals surface area contributed by atoms with Crippen molar-refractivity contribution in [3.05, 3.63) is 82.2 Å². The molecule has 1 aliphatic rings. The minimum absolute atomic E-state index is 0.144. The highest BCUT2D eigenvalue weighted by Crippen LogP contribution is 2.34. The number of nitrogens with zero attached hydrogens (tertiary/aromatic N) is 1. The number of anilines is 1. The number of halogens is 1. The molecule has 0 spiro atoms. The number of benzene rings is 2. The van der Waals surface area contributed by atoms with Gasteiger partial charge in [-0.2, -0.15) is 0 Å². The van der Waals surface area contributed by atoms with Crippen LogP contribution < -0.4 is 9.64 Å². The second-order valence-corrected chi connectivity index (χ2v) is 7.47. The van der Waals surface area contributed by atoms with Gasteiger partial charge in [-0.3, -0.25) is 9.69 Å². The van der Waals surface area contributed by atoms with Crippen molar-refractivity contribution in [1.29, 1.82) is 0 Å². The molecule has 29 heavy (non-hydrogen) atoms. The lowest BCUT2D eigenvalue weighted by Gasteiger charge is -2.22. The third-order valence-electron chi connectivity index (χ3n) is 4.74. The topological polar surface area (TPSA) is 69.0 Å². The lowest BCUT2D eigenvalue weighted by molar-refractivity contribution is -0.141. The Balaban J connectivity index is 1.52. The minimum atomic E-state index is -0.711. The van der Waals surface area contributed by atoms with E-state index in [1.54, 1.807) is 12.1 Å². The van der Waals surface area contributed by atoms with Crippen LogP contribution in [0.3, 0.4) is 0 Å². The van der Waals surface area contributed by atoms with Crippen LogP contribution in [0, 0.1) is 0 Å². The maximum atomic E-state index is 13.1. The molecule has 1 unspecified atom stereocenters. The van der Waals surface area contributed by atoms with E-state index in [-0.39, 0.29) is 18.3 Å². The molecule has 0 aliphatic carbocycles. The van der Waals surface area contributed by atoms with Gasteiger partial charge in [0.15, 0.2) is 5.76 Å². The number of carbonyl (C=O) groups excluding carboxylic acids is 2. The molecule has 0 N–H and O–H groups in total. The van der Waals surface area contributed by atoms with E-state index in [2.05, 4.69) is 15.9 Å². The Bertz CT molecular complexity index is 1040. The van der Waals surface area contributed by atoms with E-state index in [9.17, 15) is 9.59 Å². The van der Waals surface area contributed by atoms with Gasteiger partial charge in [0.2, 0.25) is 0 Å². The van der Waals surface area contributed by atoms with Crippen LogP contribution in [0.25, 0.3) is 0 Å². The first-order chi connectivity index (χ1) is 14.1. The van der Waals surface area contributed by atoms with Gasteiger partial charge in [-0.1, -0.05) is 34.1 Å². The van der Waals surface area contributed by atoms with E-state index < -0.39 is 12.0 Å². The summed E-state index contributed by atoms with van der Waals surface area (Å²) in [4.78, 5) is 26.8. The Kier molecular flexibility index (Phi) is 5.40. The smallest absolute Gasteiger partial charge is 0.329 e. The van der Waals surface area contributed by atoms with E-state index in [1.807, 2.05) is 48.5 Å². The SMILES string of the molecule is COC(=O)C1Cc2ccccc2N1C(=O)c1ccc(COc2ccc(Br)cc2)o1. The average Bonchev–Trinajstić information content (AvgIpc) is 3.37. The molecule has 2 aromatic carbocycles. The van der Waals surface area contributed by atoms with Crippen LogP contribution >= 0.6 is 15.9 Å². The van der Waals surface area contributed by atoms with Gasteiger partial charge in [-0.05, 0) is 48.0 Å². The highest BCUT2D eigenvalue weighted by molar-refractivity contribution is 9.10. The number of furan rings is 1. The van der Waals surface area contributed by atoms with E-state index in [1.165, 1.54) is 12.0 Å². The van der Waals surface area contributed by atoms with Crippen LogP contribution in [-0.4, -0.2) is 25.0 Å². The molecular formula is C22H18BrNO5. The number of para-hydroxylation sites is 1. The van der Waals surface area contributed by atoms with Crippen molar-refractivity contribution >= 4 is 33.5 Å². The lowest BCUT2D eigenvalue weighted by atomic mass is 10.1. The summed E-state index contributed by atoms with van der Waals surface area (Å²) in [5, 5.41) is 0. The highest BCUT2D eigenvalue weighted by atomic mass is 79.9. The van der Waals surface area contributed by atoms with Gasteiger partial charge in [-0.15, -0.1) is 0 Å². The van der Waals surface area contributed by atoms with Crippen LogP contribution in [0.15, 0.2) is 69.6 Å². The van der Waals surface area contributed by atoms with Gasteiger partial charge in [0.05, 0.1) is 7.11 Å². The van der Waals surface area contributed by atoms with Crippen molar-refractivity contribution in [1.82, 2.24) is 0 Å². The second kappa shape index (κ2) is 8.13. The first-order valence-electron chi connectivity index (χ1n) is 9.03. The van der Waals surface area contributed by atoms with Crippen molar-refractivity contribution in [2.75, 3.05) is 12.0 Å². The fourth-order valence-electron chi connectivity index (χ4n) is 3.34. The number of rotatable bonds is 5. The molecule has 1 aliphatic heterocycles. The van der Waals surface area contributed by atoms with Crippen molar-refractivity contribution in [3.8, 4) is 5.75 Å². The normalized spacial score (nSPS) is 15.1. The summed E-state index contributed by atoms with van der Waals surface area (Å²) in [6.45, 7) is 0.186. The van der Waals surface area contributed by atoms with Crippen molar-refractivity contribution < 1.29 is 23.5 Å². The lowest BCUT2D eigenvalue weighted by Crippen LogP contribution is -2.43.